The number of hydrogen-bond donors (Lipinski definition) is 2. The zero-order chi connectivity index (χ0) is 15.9. The molecule has 0 spiro atoms. The van der Waals surface area contributed by atoms with Gasteiger partial charge in [-0.05, 0) is 64.8 Å². The molecular weight excluding hydrogens is 351 g/mol. The number of ether oxygens (including phenoxy) is 1. The Kier molecular flexibility index (Phi) is 5.77. The van der Waals surface area contributed by atoms with E-state index in [9.17, 15) is 9.18 Å². The molecule has 0 bridgehead atoms. The predicted octanol–water partition coefficient (Wildman–Crippen LogP) is 4.10. The van der Waals surface area contributed by atoms with Crippen molar-refractivity contribution in [1.29, 1.82) is 0 Å². The molecule has 0 saturated carbocycles. The van der Waals surface area contributed by atoms with Gasteiger partial charge in [-0.15, -0.1) is 0 Å². The van der Waals surface area contributed by atoms with Gasteiger partial charge in [0.2, 0.25) is 0 Å². The van der Waals surface area contributed by atoms with Crippen LogP contribution in [0, 0.1) is 12.7 Å². The van der Waals surface area contributed by atoms with Crippen molar-refractivity contribution in [2.24, 2.45) is 0 Å². The van der Waals surface area contributed by atoms with E-state index in [1.54, 1.807) is 12.1 Å². The summed E-state index contributed by atoms with van der Waals surface area (Å²) in [5.74, 6) is 0.249. The fourth-order valence-electron chi connectivity index (χ4n) is 1.75. The highest BCUT2D eigenvalue weighted by atomic mass is 79.9. The van der Waals surface area contributed by atoms with Gasteiger partial charge in [-0.1, -0.05) is 6.07 Å². The lowest BCUT2D eigenvalue weighted by Crippen LogP contribution is -2.32. The maximum absolute atomic E-state index is 12.7. The zero-order valence-corrected chi connectivity index (χ0v) is 13.6. The molecule has 2 aromatic rings. The van der Waals surface area contributed by atoms with Gasteiger partial charge < -0.3 is 15.4 Å². The van der Waals surface area contributed by atoms with Gasteiger partial charge in [0.05, 0.1) is 12.2 Å². The fraction of sp³-hybridized carbons (Fsp3) is 0.188. The van der Waals surface area contributed by atoms with E-state index in [-0.39, 0.29) is 11.8 Å². The molecule has 0 aliphatic carbocycles. The molecule has 0 fully saturated rings. The van der Waals surface area contributed by atoms with Gasteiger partial charge in [0.15, 0.2) is 0 Å². The van der Waals surface area contributed by atoms with E-state index in [1.165, 1.54) is 12.1 Å². The lowest BCUT2D eigenvalue weighted by atomic mass is 10.2. The Morgan fingerprint density at radius 2 is 1.95 bits per heavy atom. The van der Waals surface area contributed by atoms with E-state index in [1.807, 2.05) is 25.1 Å². The van der Waals surface area contributed by atoms with Gasteiger partial charge in [-0.3, -0.25) is 0 Å². The summed E-state index contributed by atoms with van der Waals surface area (Å²) in [7, 11) is 0. The lowest BCUT2D eigenvalue weighted by molar-refractivity contribution is 0.247. The second kappa shape index (κ2) is 7.79. The molecule has 0 radical (unpaired) electrons. The molecule has 22 heavy (non-hydrogen) atoms. The number of halogens is 2. The minimum atomic E-state index is -0.313. The van der Waals surface area contributed by atoms with Crippen LogP contribution in [0.5, 0.6) is 5.75 Å². The molecular formula is C16H16BrFN2O2. The number of nitrogens with one attached hydrogen (secondary N) is 2. The highest BCUT2D eigenvalue weighted by Gasteiger charge is 2.05. The van der Waals surface area contributed by atoms with Crippen molar-refractivity contribution in [3.63, 3.8) is 0 Å². The zero-order valence-electron chi connectivity index (χ0n) is 12.0. The van der Waals surface area contributed by atoms with Crippen molar-refractivity contribution in [3.8, 4) is 5.75 Å². The highest BCUT2D eigenvalue weighted by Crippen LogP contribution is 2.23. The Hall–Kier alpha value is -2.08. The number of anilines is 1. The molecule has 0 atom stereocenters. The summed E-state index contributed by atoms with van der Waals surface area (Å²) >= 11 is 3.40. The molecule has 2 amide bonds. The summed E-state index contributed by atoms with van der Waals surface area (Å²) < 4.78 is 18.9. The molecule has 2 aromatic carbocycles. The van der Waals surface area contributed by atoms with Crippen LogP contribution in [0.15, 0.2) is 46.9 Å². The molecule has 4 nitrogen and oxygen atoms in total. The molecule has 0 aliphatic heterocycles. The quantitative estimate of drug-likeness (QED) is 0.782. The molecule has 0 aromatic heterocycles. The Balaban J connectivity index is 1.72. The number of urea groups is 1. The minimum Gasteiger partial charge on any atom is -0.492 e. The van der Waals surface area contributed by atoms with E-state index in [2.05, 4.69) is 26.6 Å². The highest BCUT2D eigenvalue weighted by molar-refractivity contribution is 9.10. The van der Waals surface area contributed by atoms with E-state index in [0.29, 0.717) is 24.6 Å². The SMILES string of the molecule is Cc1ccc(NC(=O)NCCOc2ccc(F)cc2)c(Br)c1. The third-order valence-electron chi connectivity index (χ3n) is 2.84. The van der Waals surface area contributed by atoms with Crippen LogP contribution in [0.3, 0.4) is 0 Å². The van der Waals surface area contributed by atoms with Crippen molar-refractivity contribution in [1.82, 2.24) is 5.32 Å². The first-order valence-electron chi connectivity index (χ1n) is 6.74. The molecule has 6 heteroatoms. The molecule has 0 unspecified atom stereocenters. The fourth-order valence-corrected chi connectivity index (χ4v) is 2.34. The standard InChI is InChI=1S/C16H16BrFN2O2/c1-11-2-7-15(14(17)10-11)20-16(21)19-8-9-22-13-5-3-12(18)4-6-13/h2-7,10H,8-9H2,1H3,(H2,19,20,21). The monoisotopic (exact) mass is 366 g/mol. The maximum atomic E-state index is 12.7. The van der Waals surface area contributed by atoms with Crippen LogP contribution < -0.4 is 15.4 Å². The minimum absolute atomic E-state index is 0.300. The average molecular weight is 367 g/mol. The second-order valence-electron chi connectivity index (χ2n) is 4.67. The summed E-state index contributed by atoms with van der Waals surface area (Å²) in [6, 6.07) is 11.1. The van der Waals surface area contributed by atoms with E-state index >= 15 is 0 Å². The van der Waals surface area contributed by atoms with Crippen LogP contribution in [0.2, 0.25) is 0 Å². The van der Waals surface area contributed by atoms with Gasteiger partial charge in [-0.25, -0.2) is 9.18 Å². The van der Waals surface area contributed by atoms with Gasteiger partial charge in [0, 0.05) is 4.47 Å². The van der Waals surface area contributed by atoms with E-state index < -0.39 is 0 Å². The Morgan fingerprint density at radius 3 is 2.64 bits per heavy atom. The number of benzene rings is 2. The molecule has 2 N–H and O–H groups in total. The van der Waals surface area contributed by atoms with Gasteiger partial charge in [0.1, 0.15) is 18.2 Å². The molecule has 116 valence electrons. The van der Waals surface area contributed by atoms with E-state index in [4.69, 9.17) is 4.74 Å². The average Bonchev–Trinajstić information content (AvgIpc) is 2.48. The summed E-state index contributed by atoms with van der Waals surface area (Å²) in [5, 5.41) is 5.43. The van der Waals surface area contributed by atoms with Crippen molar-refractivity contribution in [3.05, 3.63) is 58.3 Å². The van der Waals surface area contributed by atoms with Crippen LogP contribution in [-0.4, -0.2) is 19.2 Å². The van der Waals surface area contributed by atoms with Crippen LogP contribution in [0.4, 0.5) is 14.9 Å². The van der Waals surface area contributed by atoms with Crippen molar-refractivity contribution in [2.75, 3.05) is 18.5 Å². The van der Waals surface area contributed by atoms with Crippen LogP contribution in [-0.2, 0) is 0 Å². The summed E-state index contributed by atoms with van der Waals surface area (Å²) in [6.45, 7) is 2.61. The third kappa shape index (κ3) is 5.04. The van der Waals surface area contributed by atoms with Crippen LogP contribution >= 0.6 is 15.9 Å². The maximum Gasteiger partial charge on any atom is 0.319 e. The Morgan fingerprint density at radius 1 is 1.23 bits per heavy atom. The van der Waals surface area contributed by atoms with Gasteiger partial charge in [-0.2, -0.15) is 0 Å². The van der Waals surface area contributed by atoms with Crippen molar-refractivity contribution < 1.29 is 13.9 Å². The largest absolute Gasteiger partial charge is 0.492 e. The number of carbonyl (C=O) groups excluding carboxylic acids is 1. The molecule has 2 rings (SSSR count). The van der Waals surface area contributed by atoms with Gasteiger partial charge >= 0.3 is 6.03 Å². The van der Waals surface area contributed by atoms with Crippen molar-refractivity contribution >= 4 is 27.6 Å². The number of aryl methyl sites for hydroxylation is 1. The van der Waals surface area contributed by atoms with E-state index in [0.717, 1.165) is 10.0 Å². The number of carbonyl (C=O) groups is 1. The summed E-state index contributed by atoms with van der Waals surface area (Å²) in [5.41, 5.74) is 1.80. The second-order valence-corrected chi connectivity index (χ2v) is 5.52. The summed E-state index contributed by atoms with van der Waals surface area (Å²) in [6.07, 6.45) is 0. The lowest BCUT2D eigenvalue weighted by Gasteiger charge is -2.10. The first kappa shape index (κ1) is 16.3. The topological polar surface area (TPSA) is 50.4 Å². The van der Waals surface area contributed by atoms with Crippen molar-refractivity contribution in [2.45, 2.75) is 6.92 Å². The first-order chi connectivity index (χ1) is 10.5. The molecule has 0 aliphatic rings. The third-order valence-corrected chi connectivity index (χ3v) is 3.50. The number of hydrogen-bond acceptors (Lipinski definition) is 2. The summed E-state index contributed by atoms with van der Waals surface area (Å²) in [4.78, 5) is 11.8. The first-order valence-corrected chi connectivity index (χ1v) is 7.53. The number of amides is 2. The molecule has 0 saturated heterocycles. The molecule has 0 heterocycles. The van der Waals surface area contributed by atoms with Gasteiger partial charge in [0.25, 0.3) is 0 Å². The Bertz CT molecular complexity index is 647. The number of rotatable bonds is 5. The Labute approximate surface area is 136 Å². The predicted molar refractivity (Wildman–Crippen MR) is 87.8 cm³/mol. The normalized spacial score (nSPS) is 10.1. The van der Waals surface area contributed by atoms with Crippen LogP contribution in [0.1, 0.15) is 5.56 Å². The van der Waals surface area contributed by atoms with Crippen LogP contribution in [0.25, 0.3) is 0 Å². The smallest absolute Gasteiger partial charge is 0.319 e.